The molecule has 3 heteroatoms. The van der Waals surface area contributed by atoms with Crippen LogP contribution in [0.4, 0.5) is 5.69 Å². The lowest BCUT2D eigenvalue weighted by Gasteiger charge is -2.08. The Kier molecular flexibility index (Phi) is 1.90. The molecule has 0 unspecified atom stereocenters. The SMILES string of the molecule is N#CC1(CNc2ccncc2)CC1. The quantitative estimate of drug-likeness (QED) is 0.758. The number of hydrogen-bond acceptors (Lipinski definition) is 3. The lowest BCUT2D eigenvalue weighted by molar-refractivity contribution is 0.711. The first-order chi connectivity index (χ1) is 6.35. The lowest BCUT2D eigenvalue weighted by atomic mass is 10.1. The number of nitrogens with one attached hydrogen (secondary N) is 1. The third-order valence-electron chi connectivity index (χ3n) is 2.40. The Bertz CT molecular complexity index is 322. The number of pyridine rings is 1. The standard InChI is InChI=1S/C10H11N3/c11-7-10(3-4-10)8-13-9-1-5-12-6-2-9/h1-2,5-6H,3-4,8H2,(H,12,13). The summed E-state index contributed by atoms with van der Waals surface area (Å²) in [6, 6.07) is 6.16. The smallest absolute Gasteiger partial charge is 0.0747 e. The number of anilines is 1. The summed E-state index contributed by atoms with van der Waals surface area (Å²) in [6.07, 6.45) is 5.55. The molecule has 1 heterocycles. The lowest BCUT2D eigenvalue weighted by Crippen LogP contribution is -2.13. The minimum Gasteiger partial charge on any atom is -0.383 e. The predicted octanol–water partition coefficient (Wildman–Crippen LogP) is 1.80. The highest BCUT2D eigenvalue weighted by Gasteiger charge is 2.42. The van der Waals surface area contributed by atoms with Gasteiger partial charge < -0.3 is 5.32 Å². The molecule has 1 aliphatic carbocycles. The summed E-state index contributed by atoms with van der Waals surface area (Å²) in [5, 5.41) is 12.1. The van der Waals surface area contributed by atoms with Crippen molar-refractivity contribution in [3.8, 4) is 6.07 Å². The number of nitrogens with zero attached hydrogens (tertiary/aromatic N) is 2. The van der Waals surface area contributed by atoms with Crippen LogP contribution in [0.25, 0.3) is 0 Å². The van der Waals surface area contributed by atoms with E-state index in [2.05, 4.69) is 16.4 Å². The molecule has 0 radical (unpaired) electrons. The summed E-state index contributed by atoms with van der Waals surface area (Å²) in [6.45, 7) is 0.757. The van der Waals surface area contributed by atoms with Crippen molar-refractivity contribution in [1.29, 1.82) is 5.26 Å². The Hall–Kier alpha value is -1.56. The minimum absolute atomic E-state index is 0.0801. The predicted molar refractivity (Wildman–Crippen MR) is 50.0 cm³/mol. The fourth-order valence-electron chi connectivity index (χ4n) is 1.22. The average Bonchev–Trinajstić information content (AvgIpc) is 2.97. The average molecular weight is 173 g/mol. The van der Waals surface area contributed by atoms with Gasteiger partial charge in [-0.25, -0.2) is 0 Å². The second kappa shape index (κ2) is 3.06. The van der Waals surface area contributed by atoms with E-state index in [1.165, 1.54) is 0 Å². The zero-order chi connectivity index (χ0) is 9.15. The van der Waals surface area contributed by atoms with E-state index in [4.69, 9.17) is 5.26 Å². The van der Waals surface area contributed by atoms with Gasteiger partial charge in [0.2, 0.25) is 0 Å². The van der Waals surface area contributed by atoms with Crippen molar-refractivity contribution in [3.05, 3.63) is 24.5 Å². The highest BCUT2D eigenvalue weighted by molar-refractivity contribution is 5.41. The largest absolute Gasteiger partial charge is 0.383 e. The van der Waals surface area contributed by atoms with Crippen LogP contribution in [-0.2, 0) is 0 Å². The first-order valence-corrected chi connectivity index (χ1v) is 4.40. The van der Waals surface area contributed by atoms with Crippen LogP contribution in [0.3, 0.4) is 0 Å². The molecule has 1 aromatic heterocycles. The van der Waals surface area contributed by atoms with Gasteiger partial charge in [-0.15, -0.1) is 0 Å². The van der Waals surface area contributed by atoms with Gasteiger partial charge in [-0.2, -0.15) is 5.26 Å². The maximum atomic E-state index is 8.83. The molecule has 1 aliphatic rings. The van der Waals surface area contributed by atoms with Gasteiger partial charge in [-0.1, -0.05) is 0 Å². The molecule has 2 rings (SSSR count). The second-order valence-electron chi connectivity index (χ2n) is 3.48. The Morgan fingerprint density at radius 2 is 2.15 bits per heavy atom. The molecule has 0 aromatic carbocycles. The maximum absolute atomic E-state index is 8.83. The van der Waals surface area contributed by atoms with Crippen LogP contribution in [0.1, 0.15) is 12.8 Å². The van der Waals surface area contributed by atoms with Gasteiger partial charge in [-0.3, -0.25) is 4.98 Å². The van der Waals surface area contributed by atoms with Crippen LogP contribution >= 0.6 is 0 Å². The highest BCUT2D eigenvalue weighted by Crippen LogP contribution is 2.44. The van der Waals surface area contributed by atoms with Crippen LogP contribution in [0.15, 0.2) is 24.5 Å². The molecule has 0 bridgehead atoms. The summed E-state index contributed by atoms with van der Waals surface area (Å²) in [7, 11) is 0. The van der Waals surface area contributed by atoms with Crippen molar-refractivity contribution < 1.29 is 0 Å². The third-order valence-corrected chi connectivity index (χ3v) is 2.40. The van der Waals surface area contributed by atoms with Gasteiger partial charge in [0.15, 0.2) is 0 Å². The Balaban J connectivity index is 1.91. The number of nitriles is 1. The van der Waals surface area contributed by atoms with Gasteiger partial charge in [0.25, 0.3) is 0 Å². The molecule has 66 valence electrons. The molecule has 3 nitrogen and oxygen atoms in total. The van der Waals surface area contributed by atoms with Crippen molar-refractivity contribution in [3.63, 3.8) is 0 Å². The summed E-state index contributed by atoms with van der Waals surface area (Å²) >= 11 is 0. The van der Waals surface area contributed by atoms with Crippen LogP contribution in [0.2, 0.25) is 0 Å². The van der Waals surface area contributed by atoms with Crippen molar-refractivity contribution in [2.24, 2.45) is 5.41 Å². The molecule has 0 atom stereocenters. The first kappa shape index (κ1) is 8.06. The molecule has 13 heavy (non-hydrogen) atoms. The van der Waals surface area contributed by atoms with Gasteiger partial charge in [-0.05, 0) is 25.0 Å². The molecule has 1 aromatic rings. The van der Waals surface area contributed by atoms with E-state index in [0.717, 1.165) is 25.1 Å². The van der Waals surface area contributed by atoms with Crippen molar-refractivity contribution in [1.82, 2.24) is 4.98 Å². The summed E-state index contributed by atoms with van der Waals surface area (Å²) in [5.74, 6) is 0. The fraction of sp³-hybridized carbons (Fsp3) is 0.400. The Labute approximate surface area is 77.4 Å². The molecular formula is C10H11N3. The van der Waals surface area contributed by atoms with E-state index in [9.17, 15) is 0 Å². The topological polar surface area (TPSA) is 48.7 Å². The zero-order valence-electron chi connectivity index (χ0n) is 7.33. The molecule has 0 saturated heterocycles. The van der Waals surface area contributed by atoms with Gasteiger partial charge >= 0.3 is 0 Å². The van der Waals surface area contributed by atoms with Crippen LogP contribution in [0, 0.1) is 16.7 Å². The van der Waals surface area contributed by atoms with Crippen molar-refractivity contribution in [2.45, 2.75) is 12.8 Å². The number of hydrogen-bond donors (Lipinski definition) is 1. The fourth-order valence-corrected chi connectivity index (χ4v) is 1.22. The van der Waals surface area contributed by atoms with E-state index in [0.29, 0.717) is 0 Å². The van der Waals surface area contributed by atoms with E-state index >= 15 is 0 Å². The van der Waals surface area contributed by atoms with Gasteiger partial charge in [0, 0.05) is 24.6 Å². The monoisotopic (exact) mass is 173 g/mol. The molecule has 0 aliphatic heterocycles. The van der Waals surface area contributed by atoms with Crippen LogP contribution in [0.5, 0.6) is 0 Å². The first-order valence-electron chi connectivity index (χ1n) is 4.40. The zero-order valence-corrected chi connectivity index (χ0v) is 7.33. The molecule has 1 saturated carbocycles. The molecule has 1 N–H and O–H groups in total. The summed E-state index contributed by atoms with van der Waals surface area (Å²) in [5.41, 5.74) is 0.958. The van der Waals surface area contributed by atoms with E-state index in [-0.39, 0.29) is 5.41 Å². The molecule has 1 fully saturated rings. The summed E-state index contributed by atoms with van der Waals surface area (Å²) < 4.78 is 0. The second-order valence-corrected chi connectivity index (χ2v) is 3.48. The highest BCUT2D eigenvalue weighted by atomic mass is 14.9. The van der Waals surface area contributed by atoms with E-state index < -0.39 is 0 Å². The third kappa shape index (κ3) is 1.78. The van der Waals surface area contributed by atoms with E-state index in [1.54, 1.807) is 12.4 Å². The molecule has 0 amide bonds. The van der Waals surface area contributed by atoms with E-state index in [1.807, 2.05) is 12.1 Å². The minimum atomic E-state index is -0.0801. The van der Waals surface area contributed by atoms with Crippen molar-refractivity contribution >= 4 is 5.69 Å². The van der Waals surface area contributed by atoms with Crippen LogP contribution in [-0.4, -0.2) is 11.5 Å². The number of aromatic nitrogens is 1. The Morgan fingerprint density at radius 3 is 2.69 bits per heavy atom. The van der Waals surface area contributed by atoms with Gasteiger partial charge in [0.1, 0.15) is 0 Å². The molecular weight excluding hydrogens is 162 g/mol. The normalized spacial score (nSPS) is 17.5. The maximum Gasteiger partial charge on any atom is 0.0747 e. The Morgan fingerprint density at radius 1 is 1.46 bits per heavy atom. The van der Waals surface area contributed by atoms with Crippen LogP contribution < -0.4 is 5.32 Å². The van der Waals surface area contributed by atoms with Crippen molar-refractivity contribution in [2.75, 3.05) is 11.9 Å². The van der Waals surface area contributed by atoms with Gasteiger partial charge in [0.05, 0.1) is 11.5 Å². The summed E-state index contributed by atoms with van der Waals surface area (Å²) in [4.78, 5) is 3.92. The molecule has 0 spiro atoms. The number of rotatable bonds is 3.